The van der Waals surface area contributed by atoms with Gasteiger partial charge in [-0.05, 0) is 122 Å². The van der Waals surface area contributed by atoms with Crippen LogP contribution in [0.1, 0.15) is 147 Å². The zero-order chi connectivity index (χ0) is 109. The second-order valence-corrected chi connectivity index (χ2v) is 39.5. The van der Waals surface area contributed by atoms with Gasteiger partial charge in [-0.3, -0.25) is 101 Å². The van der Waals surface area contributed by atoms with Crippen molar-refractivity contribution in [3.63, 3.8) is 0 Å². The Kier molecular flexibility index (Phi) is 45.4. The van der Waals surface area contributed by atoms with E-state index in [-0.39, 0.29) is 128 Å². The van der Waals surface area contributed by atoms with Gasteiger partial charge in [0.15, 0.2) is 5.96 Å². The molecule has 0 aliphatic carbocycles. The molecule has 3 fully saturated rings. The summed E-state index contributed by atoms with van der Waals surface area (Å²) in [6, 6.07) is -3.34. The number of aliphatic hydroxyl groups excluding tert-OH is 1. The summed E-state index contributed by atoms with van der Waals surface area (Å²) in [6.07, 6.45) is 3.92. The van der Waals surface area contributed by atoms with Gasteiger partial charge in [-0.2, -0.15) is 0 Å². The van der Waals surface area contributed by atoms with Crippen LogP contribution in [-0.4, -0.2) is 349 Å². The van der Waals surface area contributed by atoms with Crippen molar-refractivity contribution in [2.24, 2.45) is 28.9 Å². The molecule has 3 saturated heterocycles. The third kappa shape index (κ3) is 34.3. The van der Waals surface area contributed by atoms with Crippen molar-refractivity contribution in [1.29, 1.82) is 5.41 Å². The van der Waals surface area contributed by atoms with Crippen LogP contribution in [-0.2, 0) is 122 Å². The van der Waals surface area contributed by atoms with Crippen LogP contribution in [0.4, 0.5) is 0 Å². The number of hydrogen-bond donors (Lipinski definition) is 23. The van der Waals surface area contributed by atoms with Crippen molar-refractivity contribution in [3.05, 3.63) is 119 Å². The van der Waals surface area contributed by atoms with Crippen LogP contribution in [0.5, 0.6) is 5.75 Å². The van der Waals surface area contributed by atoms with Crippen molar-refractivity contribution >= 4 is 168 Å². The lowest BCUT2D eigenvalue weighted by Crippen LogP contribution is -2.62. The molecule has 149 heavy (non-hydrogen) atoms. The molecule has 3 aromatic heterocycles. The number of para-hydroxylation sites is 1. The number of nitrogens with two attached hydrogens (primary N) is 4. The van der Waals surface area contributed by atoms with E-state index in [9.17, 15) is 53.4 Å². The third-order valence-corrected chi connectivity index (χ3v) is 28.0. The molecule has 810 valence electrons. The van der Waals surface area contributed by atoms with Crippen molar-refractivity contribution in [2.45, 2.75) is 241 Å². The predicted molar refractivity (Wildman–Crippen MR) is 549 cm³/mol. The number of thioether (sulfide) groups is 1. The number of carbonyl (C=O) groups is 20. The van der Waals surface area contributed by atoms with Crippen molar-refractivity contribution in [3.8, 4) is 5.75 Å². The number of rotatable bonds is 33. The molecule has 49 nitrogen and oxygen atoms in total. The Labute approximate surface area is 868 Å². The molecule has 51 heteroatoms. The molecule has 15 atom stereocenters. The highest BCUT2D eigenvalue weighted by molar-refractivity contribution is 8.00. The number of carbonyl (C=O) groups excluding carboxylic acids is 20. The fourth-order valence-electron chi connectivity index (χ4n) is 17.6. The number of phenols is 1. The van der Waals surface area contributed by atoms with Gasteiger partial charge in [-0.25, -0.2) is 4.98 Å². The maximum Gasteiger partial charge on any atom is 0.246 e. The molecule has 0 spiro atoms. The number of nitrogens with zero attached hydrogens (tertiary/aromatic N) is 6. The predicted octanol–water partition coefficient (Wildman–Crippen LogP) is -4.49. The number of H-pyrrole nitrogens is 2. The van der Waals surface area contributed by atoms with Crippen molar-refractivity contribution < 1.29 is 106 Å². The fourth-order valence-corrected chi connectivity index (χ4v) is 19.5. The molecule has 3 aliphatic rings. The molecule has 0 bridgehead atoms. The maximum atomic E-state index is 15.9. The number of aromatic nitrogens is 3. The zero-order valence-electron chi connectivity index (χ0n) is 84.6. The average Bonchev–Trinajstić information content (AvgIpc) is 1.71. The van der Waals surface area contributed by atoms with Gasteiger partial charge >= 0.3 is 0 Å². The van der Waals surface area contributed by atoms with Gasteiger partial charge in [0.1, 0.15) is 96.4 Å². The summed E-state index contributed by atoms with van der Waals surface area (Å²) in [4.78, 5) is 307. The number of nitrogens with one attached hydrogen (secondary N) is 17. The minimum absolute atomic E-state index is 0.0200. The monoisotopic (exact) mass is 2110 g/mol. The molecule has 27 N–H and O–H groups in total. The van der Waals surface area contributed by atoms with Gasteiger partial charge in [0.2, 0.25) is 118 Å². The van der Waals surface area contributed by atoms with E-state index in [2.05, 4.69) is 89.4 Å². The van der Waals surface area contributed by atoms with Crippen LogP contribution in [0.2, 0.25) is 0 Å². The van der Waals surface area contributed by atoms with E-state index in [0.29, 0.717) is 69.7 Å². The number of fused-ring (bicyclic) bond motifs is 4. The highest BCUT2D eigenvalue weighted by Crippen LogP contribution is 2.30. The largest absolute Gasteiger partial charge is 0.508 e. The van der Waals surface area contributed by atoms with Gasteiger partial charge in [-0.1, -0.05) is 102 Å². The summed E-state index contributed by atoms with van der Waals surface area (Å²) >= 11 is 2.03. The smallest absolute Gasteiger partial charge is 0.246 e. The van der Waals surface area contributed by atoms with E-state index >= 15 is 52.7 Å². The highest BCUT2D eigenvalue weighted by Gasteiger charge is 2.46. The van der Waals surface area contributed by atoms with E-state index in [1.165, 1.54) is 81.1 Å². The molecule has 3 aliphatic heterocycles. The molecule has 6 aromatic rings. The fraction of sp³-hybridized carbons (Fsp3) is 0.531. The summed E-state index contributed by atoms with van der Waals surface area (Å²) in [5.41, 5.74) is 24.6. The first-order valence-electron chi connectivity index (χ1n) is 49.6. The Morgan fingerprint density at radius 3 is 1.68 bits per heavy atom. The Balaban J connectivity index is 1.10. The number of aliphatic hydroxyl groups is 1. The topological polar surface area (TPSA) is 739 Å². The Bertz CT molecular complexity index is 5750. The minimum Gasteiger partial charge on any atom is -0.508 e. The van der Waals surface area contributed by atoms with Crippen LogP contribution in [0.3, 0.4) is 0 Å². The minimum atomic E-state index is -1.87. The van der Waals surface area contributed by atoms with Crippen molar-refractivity contribution in [1.82, 2.24) is 114 Å². The van der Waals surface area contributed by atoms with Crippen LogP contribution in [0.15, 0.2) is 96.9 Å². The number of thiophene rings is 1. The highest BCUT2D eigenvalue weighted by atomic mass is 32.2. The van der Waals surface area contributed by atoms with Gasteiger partial charge in [0.25, 0.3) is 0 Å². The van der Waals surface area contributed by atoms with Crippen LogP contribution in [0, 0.1) is 11.3 Å². The number of benzene rings is 3. The number of amides is 20. The molecule has 0 radical (unpaired) electrons. The number of unbranched alkanes of at least 4 members (excludes halogenated alkanes) is 2. The zero-order valence-corrected chi connectivity index (χ0v) is 86.3. The number of imidazole rings is 1. The first-order chi connectivity index (χ1) is 71.0. The number of guanidine groups is 1. The lowest BCUT2D eigenvalue weighted by atomic mass is 10.00. The molecular weight excluding hydrogens is 1970 g/mol. The van der Waals surface area contributed by atoms with E-state index in [1.807, 2.05) is 32.0 Å². The summed E-state index contributed by atoms with van der Waals surface area (Å²) in [7, 11) is 3.86. The number of likely N-dealkylation sites (N-methyl/N-ethyl adjacent to an activating group) is 3. The van der Waals surface area contributed by atoms with Gasteiger partial charge in [0.05, 0.1) is 44.7 Å². The second kappa shape index (κ2) is 57.4. The standard InChI is InChI=1S/C98H139N27O22S2/c1-9-11-24-73-90(140)113-63(23-17-33-105-98(102)103)86(136)120-72(85(135)109-46-80(130)107-45-79(129)108-47-81(131)112-70(42-99)83(101)133)50-148-51-82(132)111-67(37-55-29-31-59(127)32-30-55)93(143)121(6)54(5)84(134)116-69(41-78(100)128)96(146)125-35-19-27-75(125)92(142)115-65(40-58-44-104-52-110-58)88(138)117-66(36-53(3)4)95(145)124-34-18-26-74(124)91(141)114-64(38-56-43-106-62-22-15-13-20-60(56)62)87(137)119-71(48-126)89(139)118-68(39-57-49-149-77-28-16-14-21-61(57)77)94(144)123(8)76(25-12-10-2)97(147)122(73)7/h13-16,20-22,28-32,43-44,49,52-54,63-76,106,126-127H,9-12,17-19,23-27,33-42,45-48,50-51,99H2,1-8H3,(H2,100,128)(H2,101,133)(H,104,110)(H,107,130)(H,108,129)(H,109,135)(H,111,132)(H,112,131)(H,113,140)(H,114,141)(H,115,142)(H,116,134)(H,117,138)(H,118,139)(H,119,137)(H,120,136)(H4,102,103,105)/t54-,63-,64-,65-,66-,67-,68-,69-,70+,71-,72-,73-,74-,75-,76-/m0/s1. The van der Waals surface area contributed by atoms with E-state index in [1.54, 1.807) is 55.8 Å². The van der Waals surface area contributed by atoms with Crippen LogP contribution >= 0.6 is 23.1 Å². The first kappa shape index (κ1) is 118. The van der Waals surface area contributed by atoms with E-state index < -0.39 is 259 Å². The lowest BCUT2D eigenvalue weighted by Gasteiger charge is -2.36. The third-order valence-electron chi connectivity index (χ3n) is 26.0. The average molecular weight is 2110 g/mol. The second-order valence-electron chi connectivity index (χ2n) is 37.5. The molecule has 3 aromatic carbocycles. The number of primary amides is 2. The Morgan fingerprint density at radius 1 is 0.537 bits per heavy atom. The normalized spacial score (nSPS) is 23.1. The lowest BCUT2D eigenvalue weighted by molar-refractivity contribution is -0.149. The molecule has 0 saturated carbocycles. The molecule has 6 heterocycles. The number of hydrogen-bond acceptors (Lipinski definition) is 27. The van der Waals surface area contributed by atoms with Gasteiger partial charge in [0, 0.05) is 112 Å². The van der Waals surface area contributed by atoms with Gasteiger partial charge in [-0.15, -0.1) is 23.1 Å². The van der Waals surface area contributed by atoms with Crippen molar-refractivity contribution in [2.75, 3.05) is 85.1 Å². The maximum absolute atomic E-state index is 15.9. The molecule has 20 amide bonds. The Morgan fingerprint density at radius 2 is 1.07 bits per heavy atom. The molecular formula is C98H139N27O22S2. The van der Waals surface area contributed by atoms with Crippen LogP contribution < -0.4 is 97.4 Å². The number of phenolic OH excluding ortho intramolecular Hbond substituents is 1. The van der Waals surface area contributed by atoms with E-state index in [0.717, 1.165) is 24.3 Å². The number of aromatic amines is 2. The molecule has 0 unspecified atom stereocenters. The quantitative estimate of drug-likeness (QED) is 0.0105. The summed E-state index contributed by atoms with van der Waals surface area (Å²) in [5.74, 6) is -21.0. The van der Waals surface area contributed by atoms with Crippen LogP contribution in [0.25, 0.3) is 21.0 Å². The Hall–Kier alpha value is -14.9. The summed E-state index contributed by atoms with van der Waals surface area (Å²) < 4.78 is 0.802. The van der Waals surface area contributed by atoms with E-state index in [4.69, 9.17) is 28.3 Å². The first-order valence-corrected chi connectivity index (χ1v) is 51.6. The molecule has 9 rings (SSSR count). The summed E-state index contributed by atoms with van der Waals surface area (Å²) in [5, 5.41) is 68.7. The SMILES string of the molecule is CCCC[C@H]1C(=O)N(C)[C@@H](CCCC)C(=O)N[C@@H](CCCNC(=N)N)C(=O)N[C@H](C(=O)NCC(=O)NCC(=O)NCC(=O)N[C@H](CN)C(N)=O)CSCC(=O)N[C@@H](Cc2ccc(O)cc2)C(=O)N(C)[C@@H](C)C(=O)N[C@@H](CC(N)=O)C(=O)N2CCC[C@H]2C(=O)N[C@@H](Cc2cnc[nH]2)C(=O)N[C@@H](CC(C)C)C(=O)N2CCC[C@H]2C(=O)N[C@@H](Cc2c[nH]c3ccccc23)C(=O)N[C@@H](CO)C(=O)N[C@@H](Cc2csc3ccccc23)C(=O)N1C. The van der Waals surface area contributed by atoms with Gasteiger partial charge < -0.3 is 142 Å². The summed E-state index contributed by atoms with van der Waals surface area (Å²) in [6.45, 7) is 4.45. The number of aromatic hydroxyl groups is 1.